The van der Waals surface area contributed by atoms with Gasteiger partial charge in [0.05, 0.1) is 0 Å². The lowest BCUT2D eigenvalue weighted by molar-refractivity contribution is 0.519. The van der Waals surface area contributed by atoms with Crippen LogP contribution in [0.5, 0.6) is 0 Å². The number of rotatable bonds is 5. The Labute approximate surface area is 95.7 Å². The Morgan fingerprint density at radius 1 is 1.56 bits per heavy atom. The van der Waals surface area contributed by atoms with E-state index in [0.717, 1.165) is 6.42 Å². The molecule has 5 heteroatoms. The standard InChI is InChI=1S/C11H17N5/c1-8(2)5-10(7-13)16-11-14-4-3-9(6-12)15-11/h3-4,8,10H,5,7,13H2,1-2H3,(H,14,15,16). The van der Waals surface area contributed by atoms with Crippen LogP contribution in [-0.4, -0.2) is 22.6 Å². The van der Waals surface area contributed by atoms with Gasteiger partial charge in [0.1, 0.15) is 11.8 Å². The minimum atomic E-state index is 0.147. The summed E-state index contributed by atoms with van der Waals surface area (Å²) in [5.41, 5.74) is 6.02. The van der Waals surface area contributed by atoms with Gasteiger partial charge in [0.2, 0.25) is 5.95 Å². The van der Waals surface area contributed by atoms with Gasteiger partial charge in [-0.15, -0.1) is 0 Å². The topological polar surface area (TPSA) is 87.6 Å². The maximum atomic E-state index is 8.71. The SMILES string of the molecule is CC(C)CC(CN)Nc1nccc(C#N)n1. The molecule has 1 aromatic heterocycles. The van der Waals surface area contributed by atoms with Gasteiger partial charge in [-0.1, -0.05) is 13.8 Å². The Morgan fingerprint density at radius 2 is 2.31 bits per heavy atom. The van der Waals surface area contributed by atoms with Crippen LogP contribution in [0.2, 0.25) is 0 Å². The van der Waals surface area contributed by atoms with Crippen molar-refractivity contribution in [2.45, 2.75) is 26.3 Å². The molecule has 0 spiro atoms. The predicted molar refractivity (Wildman–Crippen MR) is 62.7 cm³/mol. The smallest absolute Gasteiger partial charge is 0.224 e. The zero-order chi connectivity index (χ0) is 12.0. The lowest BCUT2D eigenvalue weighted by Crippen LogP contribution is -2.31. The number of hydrogen-bond donors (Lipinski definition) is 2. The van der Waals surface area contributed by atoms with Crippen molar-refractivity contribution < 1.29 is 0 Å². The molecular formula is C11H17N5. The summed E-state index contributed by atoms with van der Waals surface area (Å²) < 4.78 is 0. The number of nitriles is 1. The van der Waals surface area contributed by atoms with Crippen molar-refractivity contribution in [1.29, 1.82) is 5.26 Å². The van der Waals surface area contributed by atoms with Crippen molar-refractivity contribution in [3.8, 4) is 6.07 Å². The fourth-order valence-corrected chi connectivity index (χ4v) is 1.46. The van der Waals surface area contributed by atoms with Gasteiger partial charge >= 0.3 is 0 Å². The molecule has 16 heavy (non-hydrogen) atoms. The third-order valence-corrected chi connectivity index (χ3v) is 2.14. The number of nitrogens with two attached hydrogens (primary N) is 1. The molecule has 0 aliphatic rings. The highest BCUT2D eigenvalue weighted by molar-refractivity contribution is 5.31. The largest absolute Gasteiger partial charge is 0.350 e. The normalized spacial score (nSPS) is 12.2. The first-order valence-corrected chi connectivity index (χ1v) is 5.35. The Hall–Kier alpha value is -1.67. The molecule has 1 heterocycles. The molecule has 0 amide bonds. The summed E-state index contributed by atoms with van der Waals surface area (Å²) in [5.74, 6) is 1.02. The molecule has 86 valence electrons. The van der Waals surface area contributed by atoms with Crippen LogP contribution in [0, 0.1) is 17.2 Å². The van der Waals surface area contributed by atoms with E-state index in [9.17, 15) is 0 Å². The van der Waals surface area contributed by atoms with Crippen LogP contribution in [-0.2, 0) is 0 Å². The summed E-state index contributed by atoms with van der Waals surface area (Å²) in [4.78, 5) is 8.10. The molecule has 0 fully saturated rings. The summed E-state index contributed by atoms with van der Waals surface area (Å²) in [6.07, 6.45) is 2.52. The zero-order valence-corrected chi connectivity index (χ0v) is 9.64. The van der Waals surface area contributed by atoms with E-state index < -0.39 is 0 Å². The molecule has 5 nitrogen and oxygen atoms in total. The van der Waals surface area contributed by atoms with Crippen LogP contribution in [0.25, 0.3) is 0 Å². The van der Waals surface area contributed by atoms with Gasteiger partial charge < -0.3 is 11.1 Å². The van der Waals surface area contributed by atoms with Crippen molar-refractivity contribution in [2.75, 3.05) is 11.9 Å². The van der Waals surface area contributed by atoms with E-state index in [1.165, 1.54) is 0 Å². The van der Waals surface area contributed by atoms with Gasteiger partial charge in [-0.2, -0.15) is 5.26 Å². The summed E-state index contributed by atoms with van der Waals surface area (Å²) in [7, 11) is 0. The van der Waals surface area contributed by atoms with Crippen LogP contribution < -0.4 is 11.1 Å². The monoisotopic (exact) mass is 219 g/mol. The van der Waals surface area contributed by atoms with E-state index in [-0.39, 0.29) is 6.04 Å². The first-order valence-electron chi connectivity index (χ1n) is 5.35. The van der Waals surface area contributed by atoms with E-state index in [4.69, 9.17) is 11.0 Å². The van der Waals surface area contributed by atoms with Crippen LogP contribution in [0.1, 0.15) is 26.0 Å². The molecule has 0 saturated carbocycles. The van der Waals surface area contributed by atoms with Gasteiger partial charge in [0.25, 0.3) is 0 Å². The second-order valence-corrected chi connectivity index (χ2v) is 4.08. The van der Waals surface area contributed by atoms with Gasteiger partial charge in [0, 0.05) is 18.8 Å². The average molecular weight is 219 g/mol. The van der Waals surface area contributed by atoms with Gasteiger partial charge in [-0.25, -0.2) is 9.97 Å². The summed E-state index contributed by atoms with van der Waals surface area (Å²) in [6, 6.07) is 3.70. The Kier molecular flexibility index (Phi) is 4.67. The molecule has 0 bridgehead atoms. The molecular weight excluding hydrogens is 202 g/mol. The van der Waals surface area contributed by atoms with Crippen molar-refractivity contribution in [3.05, 3.63) is 18.0 Å². The number of anilines is 1. The summed E-state index contributed by atoms with van der Waals surface area (Å²) in [6.45, 7) is 4.80. The minimum Gasteiger partial charge on any atom is -0.350 e. The highest BCUT2D eigenvalue weighted by atomic mass is 15.1. The van der Waals surface area contributed by atoms with Crippen LogP contribution in [0.3, 0.4) is 0 Å². The fourth-order valence-electron chi connectivity index (χ4n) is 1.46. The van der Waals surface area contributed by atoms with Gasteiger partial charge in [-0.3, -0.25) is 0 Å². The Bertz CT molecular complexity index is 369. The lowest BCUT2D eigenvalue weighted by Gasteiger charge is -2.18. The van der Waals surface area contributed by atoms with Crippen LogP contribution in [0.4, 0.5) is 5.95 Å². The van der Waals surface area contributed by atoms with Gasteiger partial charge in [-0.05, 0) is 18.4 Å². The molecule has 0 saturated heterocycles. The lowest BCUT2D eigenvalue weighted by atomic mass is 10.0. The number of hydrogen-bond acceptors (Lipinski definition) is 5. The number of aromatic nitrogens is 2. The summed E-state index contributed by atoms with van der Waals surface area (Å²) in [5, 5.41) is 11.8. The van der Waals surface area contributed by atoms with Crippen molar-refractivity contribution in [3.63, 3.8) is 0 Å². The van der Waals surface area contributed by atoms with E-state index in [2.05, 4.69) is 29.1 Å². The van der Waals surface area contributed by atoms with Crippen LogP contribution >= 0.6 is 0 Å². The Balaban J connectivity index is 2.67. The third-order valence-electron chi connectivity index (χ3n) is 2.14. The minimum absolute atomic E-state index is 0.147. The second-order valence-electron chi connectivity index (χ2n) is 4.08. The molecule has 1 unspecified atom stereocenters. The average Bonchev–Trinajstić information content (AvgIpc) is 2.28. The molecule has 0 radical (unpaired) electrons. The maximum Gasteiger partial charge on any atom is 0.224 e. The molecule has 3 N–H and O–H groups in total. The third kappa shape index (κ3) is 3.83. The Morgan fingerprint density at radius 3 is 2.88 bits per heavy atom. The number of nitrogens with zero attached hydrogens (tertiary/aromatic N) is 3. The van der Waals surface area contributed by atoms with E-state index in [1.807, 2.05) is 6.07 Å². The van der Waals surface area contributed by atoms with Gasteiger partial charge in [0.15, 0.2) is 0 Å². The highest BCUT2D eigenvalue weighted by Crippen LogP contribution is 2.08. The maximum absolute atomic E-state index is 8.71. The van der Waals surface area contributed by atoms with Crippen LogP contribution in [0.15, 0.2) is 12.3 Å². The van der Waals surface area contributed by atoms with E-state index in [0.29, 0.717) is 24.1 Å². The molecule has 1 atom stereocenters. The summed E-state index contributed by atoms with van der Waals surface area (Å²) >= 11 is 0. The van der Waals surface area contributed by atoms with Crippen molar-refractivity contribution >= 4 is 5.95 Å². The first kappa shape index (κ1) is 12.4. The first-order chi connectivity index (χ1) is 7.65. The fraction of sp³-hybridized carbons (Fsp3) is 0.545. The highest BCUT2D eigenvalue weighted by Gasteiger charge is 2.10. The second kappa shape index (κ2) is 6.03. The molecule has 0 aromatic carbocycles. The predicted octanol–water partition coefficient (Wildman–Crippen LogP) is 1.13. The zero-order valence-electron chi connectivity index (χ0n) is 9.64. The van der Waals surface area contributed by atoms with E-state index in [1.54, 1.807) is 12.3 Å². The molecule has 1 aromatic rings. The quantitative estimate of drug-likeness (QED) is 0.775. The molecule has 0 aliphatic carbocycles. The number of nitrogens with one attached hydrogen (secondary N) is 1. The molecule has 1 rings (SSSR count). The van der Waals surface area contributed by atoms with E-state index >= 15 is 0 Å². The van der Waals surface area contributed by atoms with Crippen molar-refractivity contribution in [2.24, 2.45) is 11.7 Å². The molecule has 0 aliphatic heterocycles. The van der Waals surface area contributed by atoms with Crippen molar-refractivity contribution in [1.82, 2.24) is 9.97 Å².